The lowest BCUT2D eigenvalue weighted by Crippen LogP contribution is -2.44. The highest BCUT2D eigenvalue weighted by atomic mass is 19.1. The molecule has 17 heavy (non-hydrogen) atoms. The number of hydrogen-bond donors (Lipinski definition) is 2. The zero-order chi connectivity index (χ0) is 12.4. The van der Waals surface area contributed by atoms with Gasteiger partial charge >= 0.3 is 0 Å². The predicted octanol–water partition coefficient (Wildman–Crippen LogP) is 1.32. The van der Waals surface area contributed by atoms with Crippen molar-refractivity contribution >= 4 is 5.91 Å². The van der Waals surface area contributed by atoms with Crippen LogP contribution < -0.4 is 11.1 Å². The minimum atomic E-state index is -0.517. The summed E-state index contributed by atoms with van der Waals surface area (Å²) in [6, 6.07) is 3.28. The van der Waals surface area contributed by atoms with E-state index < -0.39 is 11.6 Å². The van der Waals surface area contributed by atoms with Crippen molar-refractivity contribution in [2.24, 2.45) is 11.7 Å². The quantitative estimate of drug-likeness (QED) is 0.837. The van der Waals surface area contributed by atoms with Crippen molar-refractivity contribution < 1.29 is 13.6 Å². The van der Waals surface area contributed by atoms with Crippen LogP contribution in [0.5, 0.6) is 0 Å². The number of carbonyl (C=O) groups is 1. The molecule has 1 aliphatic carbocycles. The molecule has 1 amide bonds. The van der Waals surface area contributed by atoms with Crippen LogP contribution in [0.4, 0.5) is 8.78 Å². The molecule has 1 aromatic rings. The molecule has 3 nitrogen and oxygen atoms in total. The molecule has 3 N–H and O–H groups in total. The van der Waals surface area contributed by atoms with Gasteiger partial charge in [0.2, 0.25) is 5.91 Å². The Balaban J connectivity index is 1.89. The predicted molar refractivity (Wildman–Crippen MR) is 58.9 cm³/mol. The van der Waals surface area contributed by atoms with Crippen LogP contribution in [0.3, 0.4) is 0 Å². The fourth-order valence-corrected chi connectivity index (χ4v) is 1.88. The van der Waals surface area contributed by atoms with E-state index >= 15 is 0 Å². The fourth-order valence-electron chi connectivity index (χ4n) is 1.88. The molecule has 0 atom stereocenters. The minimum absolute atomic E-state index is 0.00810. The fraction of sp³-hybridized carbons (Fsp3) is 0.417. The van der Waals surface area contributed by atoms with Crippen LogP contribution in [0.25, 0.3) is 0 Å². The van der Waals surface area contributed by atoms with Crippen molar-refractivity contribution in [1.29, 1.82) is 0 Å². The van der Waals surface area contributed by atoms with Crippen LogP contribution >= 0.6 is 0 Å². The van der Waals surface area contributed by atoms with E-state index in [1.807, 2.05) is 0 Å². The van der Waals surface area contributed by atoms with E-state index in [4.69, 9.17) is 5.73 Å². The lowest BCUT2D eigenvalue weighted by atomic mass is 9.80. The third-order valence-corrected chi connectivity index (χ3v) is 3.01. The number of nitrogens with two attached hydrogens (primary N) is 1. The van der Waals surface area contributed by atoms with Crippen molar-refractivity contribution in [3.63, 3.8) is 0 Å². The molecule has 1 aromatic carbocycles. The Morgan fingerprint density at radius 2 is 2.12 bits per heavy atom. The van der Waals surface area contributed by atoms with Crippen LogP contribution in [0.15, 0.2) is 18.2 Å². The maximum absolute atomic E-state index is 13.2. The maximum atomic E-state index is 13.2. The summed E-state index contributed by atoms with van der Waals surface area (Å²) in [6.45, 7) is 0.00810. The SMILES string of the molecule is NC1CC(C(=O)NCc2cc(F)ccc2F)C1. The zero-order valence-electron chi connectivity index (χ0n) is 9.25. The maximum Gasteiger partial charge on any atom is 0.223 e. The number of benzene rings is 1. The van der Waals surface area contributed by atoms with E-state index in [9.17, 15) is 13.6 Å². The molecule has 0 radical (unpaired) electrons. The first-order chi connectivity index (χ1) is 8.06. The molecule has 0 spiro atoms. The van der Waals surface area contributed by atoms with Gasteiger partial charge in [-0.2, -0.15) is 0 Å². The smallest absolute Gasteiger partial charge is 0.223 e. The van der Waals surface area contributed by atoms with Gasteiger partial charge in [-0.3, -0.25) is 4.79 Å². The van der Waals surface area contributed by atoms with Crippen molar-refractivity contribution in [3.05, 3.63) is 35.4 Å². The van der Waals surface area contributed by atoms with Crippen molar-refractivity contribution in [1.82, 2.24) is 5.32 Å². The highest BCUT2D eigenvalue weighted by Crippen LogP contribution is 2.25. The monoisotopic (exact) mass is 240 g/mol. The Morgan fingerprint density at radius 1 is 1.41 bits per heavy atom. The summed E-state index contributed by atoms with van der Waals surface area (Å²) in [5.41, 5.74) is 5.72. The van der Waals surface area contributed by atoms with E-state index in [2.05, 4.69) is 5.32 Å². The summed E-state index contributed by atoms with van der Waals surface area (Å²) in [7, 11) is 0. The Morgan fingerprint density at radius 3 is 2.76 bits per heavy atom. The second-order valence-corrected chi connectivity index (χ2v) is 4.38. The second-order valence-electron chi connectivity index (χ2n) is 4.38. The van der Waals surface area contributed by atoms with E-state index in [1.54, 1.807) is 0 Å². The molecule has 1 fully saturated rings. The van der Waals surface area contributed by atoms with Gasteiger partial charge in [0.15, 0.2) is 0 Å². The number of nitrogens with one attached hydrogen (secondary N) is 1. The van der Waals surface area contributed by atoms with Crippen LogP contribution in [0, 0.1) is 17.6 Å². The molecule has 0 saturated heterocycles. The molecular weight excluding hydrogens is 226 g/mol. The molecule has 0 aromatic heterocycles. The number of amides is 1. The molecule has 0 aliphatic heterocycles. The van der Waals surface area contributed by atoms with E-state index in [0.29, 0.717) is 12.8 Å². The number of carbonyl (C=O) groups excluding carboxylic acids is 1. The highest BCUT2D eigenvalue weighted by Gasteiger charge is 2.31. The van der Waals surface area contributed by atoms with Gasteiger partial charge < -0.3 is 11.1 Å². The van der Waals surface area contributed by atoms with Crippen molar-refractivity contribution in [3.8, 4) is 0 Å². The van der Waals surface area contributed by atoms with Gasteiger partial charge in [0.1, 0.15) is 11.6 Å². The van der Waals surface area contributed by atoms with Crippen molar-refractivity contribution in [2.75, 3.05) is 0 Å². The molecule has 2 rings (SSSR count). The Hall–Kier alpha value is -1.49. The second kappa shape index (κ2) is 4.79. The van der Waals surface area contributed by atoms with E-state index in [1.165, 1.54) is 0 Å². The van der Waals surface area contributed by atoms with Gasteiger partial charge in [0, 0.05) is 24.1 Å². The van der Waals surface area contributed by atoms with Gasteiger partial charge in [-0.1, -0.05) is 0 Å². The molecule has 92 valence electrons. The van der Waals surface area contributed by atoms with E-state index in [0.717, 1.165) is 18.2 Å². The van der Waals surface area contributed by atoms with Crippen LogP contribution in [-0.2, 0) is 11.3 Å². The summed E-state index contributed by atoms with van der Waals surface area (Å²) in [4.78, 5) is 11.6. The average Bonchev–Trinajstić information content (AvgIpc) is 2.26. The molecular formula is C12H14F2N2O. The summed E-state index contributed by atoms with van der Waals surface area (Å²) in [6.07, 6.45) is 1.33. The largest absolute Gasteiger partial charge is 0.352 e. The summed E-state index contributed by atoms with van der Waals surface area (Å²) >= 11 is 0. The van der Waals surface area contributed by atoms with Gasteiger partial charge in [-0.25, -0.2) is 8.78 Å². The van der Waals surface area contributed by atoms with E-state index in [-0.39, 0.29) is 30.0 Å². The number of halogens is 2. The summed E-state index contributed by atoms with van der Waals surface area (Å²) in [5, 5.41) is 2.59. The highest BCUT2D eigenvalue weighted by molar-refractivity contribution is 5.79. The average molecular weight is 240 g/mol. The Bertz CT molecular complexity index is 431. The third kappa shape index (κ3) is 2.79. The molecule has 5 heteroatoms. The minimum Gasteiger partial charge on any atom is -0.352 e. The number of hydrogen-bond acceptors (Lipinski definition) is 2. The first kappa shape index (κ1) is 12.0. The first-order valence-corrected chi connectivity index (χ1v) is 5.53. The molecule has 0 bridgehead atoms. The lowest BCUT2D eigenvalue weighted by molar-refractivity contribution is -0.128. The number of rotatable bonds is 3. The molecule has 1 saturated carbocycles. The molecule has 0 unspecified atom stereocenters. The first-order valence-electron chi connectivity index (χ1n) is 5.53. The Labute approximate surface area is 98.0 Å². The van der Waals surface area contributed by atoms with Gasteiger partial charge in [-0.15, -0.1) is 0 Å². The zero-order valence-corrected chi connectivity index (χ0v) is 9.25. The van der Waals surface area contributed by atoms with Crippen LogP contribution in [-0.4, -0.2) is 11.9 Å². The standard InChI is InChI=1S/C12H14F2N2O/c13-9-1-2-11(14)8(3-9)6-16-12(17)7-4-10(15)5-7/h1-3,7,10H,4-6,15H2,(H,16,17). The normalized spacial score (nSPS) is 23.0. The van der Waals surface area contributed by atoms with Gasteiger partial charge in [-0.05, 0) is 31.0 Å². The van der Waals surface area contributed by atoms with Gasteiger partial charge in [0.25, 0.3) is 0 Å². The molecule has 0 heterocycles. The Kier molecular flexibility index (Phi) is 3.38. The summed E-state index contributed by atoms with van der Waals surface area (Å²) in [5.74, 6) is -1.25. The molecule has 1 aliphatic rings. The van der Waals surface area contributed by atoms with Crippen LogP contribution in [0.1, 0.15) is 18.4 Å². The van der Waals surface area contributed by atoms with Crippen molar-refractivity contribution in [2.45, 2.75) is 25.4 Å². The third-order valence-electron chi connectivity index (χ3n) is 3.01. The lowest BCUT2D eigenvalue weighted by Gasteiger charge is -2.31. The topological polar surface area (TPSA) is 55.1 Å². The van der Waals surface area contributed by atoms with Crippen LogP contribution in [0.2, 0.25) is 0 Å². The summed E-state index contributed by atoms with van der Waals surface area (Å²) < 4.78 is 26.1. The van der Waals surface area contributed by atoms with Gasteiger partial charge in [0.05, 0.1) is 0 Å².